The Hall–Kier alpha value is -1.08. The van der Waals surface area contributed by atoms with Crippen LogP contribution in [0.3, 0.4) is 0 Å². The molecule has 1 aromatic carbocycles. The van der Waals surface area contributed by atoms with Gasteiger partial charge in [-0.1, -0.05) is 36.4 Å². The predicted molar refractivity (Wildman–Crippen MR) is 58.1 cm³/mol. The quantitative estimate of drug-likeness (QED) is 0.645. The molecule has 2 unspecified atom stereocenters. The molecule has 1 nitrogen and oxygen atoms in total. The molecule has 1 saturated heterocycles. The lowest BCUT2D eigenvalue weighted by atomic mass is 9.98. The van der Waals surface area contributed by atoms with Crippen molar-refractivity contribution in [1.29, 1.82) is 0 Å². The van der Waals surface area contributed by atoms with Gasteiger partial charge in [-0.15, -0.1) is 6.58 Å². The molecular weight excluding hydrogens is 172 g/mol. The van der Waals surface area contributed by atoms with E-state index in [-0.39, 0.29) is 12.2 Å². The van der Waals surface area contributed by atoms with Crippen molar-refractivity contribution in [1.82, 2.24) is 0 Å². The number of hydrogen-bond acceptors (Lipinski definition) is 1. The van der Waals surface area contributed by atoms with Gasteiger partial charge >= 0.3 is 0 Å². The molecule has 0 bridgehead atoms. The Kier molecular flexibility index (Phi) is 3.00. The van der Waals surface area contributed by atoms with E-state index in [0.717, 1.165) is 12.8 Å². The molecule has 1 fully saturated rings. The highest BCUT2D eigenvalue weighted by atomic mass is 16.5. The van der Waals surface area contributed by atoms with Crippen LogP contribution in [-0.4, -0.2) is 6.10 Å². The summed E-state index contributed by atoms with van der Waals surface area (Å²) in [6.07, 6.45) is 5.91. The second kappa shape index (κ2) is 4.43. The first-order chi connectivity index (χ1) is 6.90. The molecule has 0 spiro atoms. The molecule has 1 heterocycles. The van der Waals surface area contributed by atoms with Crippen molar-refractivity contribution < 1.29 is 4.74 Å². The van der Waals surface area contributed by atoms with Crippen LogP contribution >= 0.6 is 0 Å². The highest BCUT2D eigenvalue weighted by molar-refractivity contribution is 5.18. The minimum absolute atomic E-state index is 0.244. The van der Waals surface area contributed by atoms with E-state index < -0.39 is 0 Å². The van der Waals surface area contributed by atoms with Crippen LogP contribution in [0.1, 0.15) is 30.9 Å². The summed E-state index contributed by atoms with van der Waals surface area (Å²) in [6, 6.07) is 10.4. The van der Waals surface area contributed by atoms with Crippen molar-refractivity contribution in [3.05, 3.63) is 48.6 Å². The van der Waals surface area contributed by atoms with Gasteiger partial charge < -0.3 is 4.74 Å². The Morgan fingerprint density at radius 3 is 2.71 bits per heavy atom. The molecule has 0 aromatic heterocycles. The number of benzene rings is 1. The predicted octanol–water partition coefficient (Wildman–Crippen LogP) is 3.48. The van der Waals surface area contributed by atoms with E-state index in [4.69, 9.17) is 4.74 Å². The monoisotopic (exact) mass is 188 g/mol. The fourth-order valence-corrected chi connectivity index (χ4v) is 1.94. The maximum Gasteiger partial charge on any atom is 0.0833 e. The largest absolute Gasteiger partial charge is 0.366 e. The van der Waals surface area contributed by atoms with Crippen LogP contribution in [0.4, 0.5) is 0 Å². The van der Waals surface area contributed by atoms with E-state index in [1.54, 1.807) is 0 Å². The number of rotatable bonds is 2. The smallest absolute Gasteiger partial charge is 0.0833 e. The van der Waals surface area contributed by atoms with E-state index in [1.165, 1.54) is 12.0 Å². The van der Waals surface area contributed by atoms with Crippen LogP contribution < -0.4 is 0 Å². The molecule has 0 radical (unpaired) electrons. The zero-order chi connectivity index (χ0) is 9.80. The molecule has 0 N–H and O–H groups in total. The van der Waals surface area contributed by atoms with Gasteiger partial charge in [0, 0.05) is 0 Å². The third-order valence-electron chi connectivity index (χ3n) is 2.73. The molecule has 2 rings (SSSR count). The van der Waals surface area contributed by atoms with Crippen LogP contribution in [0.2, 0.25) is 0 Å². The fourth-order valence-electron chi connectivity index (χ4n) is 1.94. The topological polar surface area (TPSA) is 9.23 Å². The summed E-state index contributed by atoms with van der Waals surface area (Å²) in [5.74, 6) is 0. The van der Waals surface area contributed by atoms with Gasteiger partial charge in [-0.3, -0.25) is 0 Å². The summed E-state index contributed by atoms with van der Waals surface area (Å²) < 4.78 is 5.90. The second-order valence-electron chi connectivity index (χ2n) is 3.74. The molecule has 0 amide bonds. The molecule has 0 saturated carbocycles. The first kappa shape index (κ1) is 9.47. The third kappa shape index (κ3) is 2.05. The first-order valence-corrected chi connectivity index (χ1v) is 5.23. The summed E-state index contributed by atoms with van der Waals surface area (Å²) >= 11 is 0. The summed E-state index contributed by atoms with van der Waals surface area (Å²) in [7, 11) is 0. The Labute approximate surface area is 85.4 Å². The molecule has 2 atom stereocenters. The zero-order valence-electron chi connectivity index (χ0n) is 8.36. The Balaban J connectivity index is 2.08. The van der Waals surface area contributed by atoms with Gasteiger partial charge in [0.2, 0.25) is 0 Å². The standard InChI is InChI=1S/C13H16O/c1-2-12-9-6-10-13(14-12)11-7-4-3-5-8-11/h2-5,7-8,12-13H,1,6,9-10H2. The van der Waals surface area contributed by atoms with E-state index in [2.05, 4.69) is 30.8 Å². The first-order valence-electron chi connectivity index (χ1n) is 5.23. The molecule has 1 aliphatic rings. The summed E-state index contributed by atoms with van der Waals surface area (Å²) in [5, 5.41) is 0. The summed E-state index contributed by atoms with van der Waals surface area (Å²) in [4.78, 5) is 0. The van der Waals surface area contributed by atoms with Crippen LogP contribution in [0.5, 0.6) is 0 Å². The maximum atomic E-state index is 5.90. The van der Waals surface area contributed by atoms with Gasteiger partial charge in [-0.05, 0) is 24.8 Å². The average molecular weight is 188 g/mol. The highest BCUT2D eigenvalue weighted by Gasteiger charge is 2.20. The minimum Gasteiger partial charge on any atom is -0.366 e. The summed E-state index contributed by atoms with van der Waals surface area (Å²) in [5.41, 5.74) is 1.29. The molecule has 74 valence electrons. The highest BCUT2D eigenvalue weighted by Crippen LogP contribution is 2.31. The van der Waals surface area contributed by atoms with Gasteiger partial charge in [0.25, 0.3) is 0 Å². The van der Waals surface area contributed by atoms with Gasteiger partial charge in [0.05, 0.1) is 12.2 Å². The molecule has 1 aromatic rings. The Morgan fingerprint density at radius 1 is 1.21 bits per heavy atom. The van der Waals surface area contributed by atoms with Crippen LogP contribution in [-0.2, 0) is 4.74 Å². The Bertz CT molecular complexity index is 291. The lowest BCUT2D eigenvalue weighted by Gasteiger charge is -2.28. The van der Waals surface area contributed by atoms with E-state index in [0.29, 0.717) is 0 Å². The Morgan fingerprint density at radius 2 is 2.00 bits per heavy atom. The van der Waals surface area contributed by atoms with Crippen molar-refractivity contribution in [2.24, 2.45) is 0 Å². The van der Waals surface area contributed by atoms with Gasteiger partial charge in [-0.2, -0.15) is 0 Å². The summed E-state index contributed by atoms with van der Waals surface area (Å²) in [6.45, 7) is 3.79. The van der Waals surface area contributed by atoms with E-state index >= 15 is 0 Å². The van der Waals surface area contributed by atoms with Crippen molar-refractivity contribution >= 4 is 0 Å². The lowest BCUT2D eigenvalue weighted by molar-refractivity contribution is -0.0265. The van der Waals surface area contributed by atoms with Crippen LogP contribution in [0.15, 0.2) is 43.0 Å². The average Bonchev–Trinajstić information content (AvgIpc) is 2.30. The third-order valence-corrected chi connectivity index (χ3v) is 2.73. The van der Waals surface area contributed by atoms with Crippen molar-refractivity contribution in [2.45, 2.75) is 31.5 Å². The lowest BCUT2D eigenvalue weighted by Crippen LogP contribution is -2.20. The van der Waals surface area contributed by atoms with Crippen LogP contribution in [0, 0.1) is 0 Å². The second-order valence-corrected chi connectivity index (χ2v) is 3.74. The SMILES string of the molecule is C=CC1CCCC(c2ccccc2)O1. The van der Waals surface area contributed by atoms with Crippen molar-refractivity contribution in [3.63, 3.8) is 0 Å². The maximum absolute atomic E-state index is 5.90. The van der Waals surface area contributed by atoms with E-state index in [1.807, 2.05) is 12.1 Å². The molecule has 1 aliphatic heterocycles. The molecule has 0 aliphatic carbocycles. The fraction of sp³-hybridized carbons (Fsp3) is 0.385. The van der Waals surface area contributed by atoms with E-state index in [9.17, 15) is 0 Å². The van der Waals surface area contributed by atoms with Crippen LogP contribution in [0.25, 0.3) is 0 Å². The minimum atomic E-state index is 0.244. The van der Waals surface area contributed by atoms with Gasteiger partial charge in [-0.25, -0.2) is 0 Å². The van der Waals surface area contributed by atoms with Crippen molar-refractivity contribution in [2.75, 3.05) is 0 Å². The van der Waals surface area contributed by atoms with Crippen molar-refractivity contribution in [3.8, 4) is 0 Å². The van der Waals surface area contributed by atoms with Gasteiger partial charge in [0.1, 0.15) is 0 Å². The normalized spacial score (nSPS) is 27.1. The zero-order valence-corrected chi connectivity index (χ0v) is 8.36. The molecular formula is C13H16O. The molecule has 14 heavy (non-hydrogen) atoms. The number of ether oxygens (including phenoxy) is 1. The number of hydrogen-bond donors (Lipinski definition) is 0. The van der Waals surface area contributed by atoms with Gasteiger partial charge in [0.15, 0.2) is 0 Å². The molecule has 1 heteroatoms.